The molecular formula is C15H23NOS. The Bertz CT molecular complexity index is 417. The molecule has 2 nitrogen and oxygen atoms in total. The van der Waals surface area contributed by atoms with Gasteiger partial charge in [-0.3, -0.25) is 0 Å². The van der Waals surface area contributed by atoms with Crippen LogP contribution in [-0.4, -0.2) is 18.4 Å². The minimum Gasteiger partial charge on any atom is -0.497 e. The van der Waals surface area contributed by atoms with Crippen molar-refractivity contribution in [3.8, 4) is 5.75 Å². The van der Waals surface area contributed by atoms with Crippen LogP contribution in [-0.2, 0) is 5.75 Å². The van der Waals surface area contributed by atoms with Crippen LogP contribution in [0.25, 0.3) is 0 Å². The summed E-state index contributed by atoms with van der Waals surface area (Å²) in [4.78, 5) is 0. The number of fused-ring (bicyclic) bond motifs is 1. The molecule has 1 aromatic carbocycles. The van der Waals surface area contributed by atoms with Crippen LogP contribution in [0.3, 0.4) is 0 Å². The molecule has 1 aliphatic rings. The van der Waals surface area contributed by atoms with E-state index in [0.717, 1.165) is 24.5 Å². The Hall–Kier alpha value is -0.670. The Morgan fingerprint density at radius 2 is 2.22 bits per heavy atom. The summed E-state index contributed by atoms with van der Waals surface area (Å²) >= 11 is 2.03. The highest BCUT2D eigenvalue weighted by Gasteiger charge is 2.36. The van der Waals surface area contributed by atoms with Crippen LogP contribution in [0.15, 0.2) is 18.2 Å². The summed E-state index contributed by atoms with van der Waals surface area (Å²) < 4.78 is 5.60. The largest absolute Gasteiger partial charge is 0.497 e. The Morgan fingerprint density at radius 3 is 2.89 bits per heavy atom. The van der Waals surface area contributed by atoms with E-state index in [1.165, 1.54) is 11.1 Å². The van der Waals surface area contributed by atoms with Crippen LogP contribution in [0.1, 0.15) is 44.4 Å². The lowest BCUT2D eigenvalue weighted by atomic mass is 9.90. The number of benzene rings is 1. The van der Waals surface area contributed by atoms with E-state index in [1.54, 1.807) is 7.11 Å². The van der Waals surface area contributed by atoms with Crippen molar-refractivity contribution in [3.63, 3.8) is 0 Å². The van der Waals surface area contributed by atoms with E-state index in [9.17, 15) is 0 Å². The van der Waals surface area contributed by atoms with Gasteiger partial charge >= 0.3 is 0 Å². The van der Waals surface area contributed by atoms with Crippen LogP contribution < -0.4 is 10.1 Å². The highest BCUT2D eigenvalue weighted by Crippen LogP contribution is 2.46. The van der Waals surface area contributed by atoms with E-state index < -0.39 is 0 Å². The molecule has 0 saturated carbocycles. The van der Waals surface area contributed by atoms with Crippen LogP contribution in [0.5, 0.6) is 5.75 Å². The van der Waals surface area contributed by atoms with Gasteiger partial charge < -0.3 is 10.1 Å². The number of nitrogens with one attached hydrogen (secondary N) is 1. The van der Waals surface area contributed by atoms with Crippen LogP contribution in [0.4, 0.5) is 0 Å². The van der Waals surface area contributed by atoms with E-state index in [2.05, 4.69) is 44.3 Å². The minimum atomic E-state index is 0.231. The summed E-state index contributed by atoms with van der Waals surface area (Å²) in [6.07, 6.45) is 1.16. The maximum Gasteiger partial charge on any atom is 0.119 e. The summed E-state index contributed by atoms with van der Waals surface area (Å²) in [5.41, 5.74) is 2.85. The van der Waals surface area contributed by atoms with Gasteiger partial charge in [0.1, 0.15) is 5.75 Å². The third-order valence-electron chi connectivity index (χ3n) is 3.56. The van der Waals surface area contributed by atoms with E-state index in [0.29, 0.717) is 6.04 Å². The van der Waals surface area contributed by atoms with Crippen molar-refractivity contribution >= 4 is 11.8 Å². The minimum absolute atomic E-state index is 0.231. The fourth-order valence-corrected chi connectivity index (χ4v) is 3.63. The van der Waals surface area contributed by atoms with Crippen LogP contribution >= 0.6 is 11.8 Å². The Labute approximate surface area is 114 Å². The van der Waals surface area contributed by atoms with Gasteiger partial charge in [-0.15, -0.1) is 11.8 Å². The summed E-state index contributed by atoms with van der Waals surface area (Å²) in [5, 5.41) is 3.69. The molecule has 1 heterocycles. The number of hydrogen-bond acceptors (Lipinski definition) is 3. The Morgan fingerprint density at radius 1 is 1.44 bits per heavy atom. The van der Waals surface area contributed by atoms with Crippen molar-refractivity contribution in [2.45, 2.75) is 43.7 Å². The fraction of sp³-hybridized carbons (Fsp3) is 0.600. The smallest absolute Gasteiger partial charge is 0.119 e. The second-order valence-corrected chi connectivity index (χ2v) is 6.97. The second-order valence-electron chi connectivity index (χ2n) is 5.34. The van der Waals surface area contributed by atoms with Crippen molar-refractivity contribution in [3.05, 3.63) is 29.3 Å². The molecule has 0 fully saturated rings. The molecule has 1 aromatic rings. The quantitative estimate of drug-likeness (QED) is 0.895. The van der Waals surface area contributed by atoms with Gasteiger partial charge in [-0.05, 0) is 50.1 Å². The number of ether oxygens (including phenoxy) is 1. The first-order valence-electron chi connectivity index (χ1n) is 6.62. The lowest BCUT2D eigenvalue weighted by Crippen LogP contribution is -2.40. The first-order valence-corrected chi connectivity index (χ1v) is 7.61. The average molecular weight is 265 g/mol. The van der Waals surface area contributed by atoms with E-state index in [1.807, 2.05) is 11.8 Å². The average Bonchev–Trinajstić information content (AvgIpc) is 2.36. The molecule has 0 saturated heterocycles. The normalized spacial score (nSPS) is 21.4. The predicted octanol–water partition coefficient (Wildman–Crippen LogP) is 3.76. The molecule has 0 aromatic heterocycles. The molecule has 0 bridgehead atoms. The fourth-order valence-electron chi connectivity index (χ4n) is 2.47. The Kier molecular flexibility index (Phi) is 4.23. The zero-order valence-corrected chi connectivity index (χ0v) is 12.6. The number of rotatable bonds is 4. The standard InChI is InChI=1S/C15H23NOS/c1-5-8-16-14-13-9-12(17-4)7-6-11(13)10-18-15(14,2)3/h6-7,9,14,16H,5,8,10H2,1-4H3. The Balaban J connectivity index is 2.36. The maximum atomic E-state index is 5.37. The third kappa shape index (κ3) is 2.67. The van der Waals surface area contributed by atoms with Crippen LogP contribution in [0, 0.1) is 0 Å². The van der Waals surface area contributed by atoms with Gasteiger partial charge in [0.25, 0.3) is 0 Å². The molecule has 1 atom stereocenters. The van der Waals surface area contributed by atoms with E-state index in [-0.39, 0.29) is 4.75 Å². The highest BCUT2D eigenvalue weighted by atomic mass is 32.2. The van der Waals surface area contributed by atoms with Gasteiger partial charge in [0.2, 0.25) is 0 Å². The van der Waals surface area contributed by atoms with Gasteiger partial charge in [0.15, 0.2) is 0 Å². The first kappa shape index (κ1) is 13.8. The molecule has 1 unspecified atom stereocenters. The molecular weight excluding hydrogens is 242 g/mol. The molecule has 1 N–H and O–H groups in total. The monoisotopic (exact) mass is 265 g/mol. The summed E-state index contributed by atoms with van der Waals surface area (Å²) in [5.74, 6) is 2.05. The lowest BCUT2D eigenvalue weighted by molar-refractivity contribution is 0.407. The third-order valence-corrected chi connectivity index (χ3v) is 4.99. The molecule has 0 amide bonds. The van der Waals surface area contributed by atoms with E-state index >= 15 is 0 Å². The lowest BCUT2D eigenvalue weighted by Gasteiger charge is -2.40. The van der Waals surface area contributed by atoms with Crippen molar-refractivity contribution in [1.82, 2.24) is 5.32 Å². The number of hydrogen-bond donors (Lipinski definition) is 1. The summed E-state index contributed by atoms with van der Waals surface area (Å²) in [7, 11) is 1.74. The SMILES string of the molecule is CCCNC1c2cc(OC)ccc2CSC1(C)C. The summed E-state index contributed by atoms with van der Waals surface area (Å²) in [6.45, 7) is 7.93. The first-order chi connectivity index (χ1) is 8.58. The summed E-state index contributed by atoms with van der Waals surface area (Å²) in [6, 6.07) is 6.87. The van der Waals surface area contributed by atoms with E-state index in [4.69, 9.17) is 4.74 Å². The molecule has 0 radical (unpaired) electrons. The predicted molar refractivity (Wildman–Crippen MR) is 79.4 cm³/mol. The van der Waals surface area contributed by atoms with Gasteiger partial charge in [-0.1, -0.05) is 13.0 Å². The maximum absolute atomic E-state index is 5.37. The topological polar surface area (TPSA) is 21.3 Å². The van der Waals surface area contributed by atoms with Crippen molar-refractivity contribution < 1.29 is 4.74 Å². The molecule has 18 heavy (non-hydrogen) atoms. The molecule has 0 aliphatic carbocycles. The van der Waals surface area contributed by atoms with Gasteiger partial charge in [-0.25, -0.2) is 0 Å². The molecule has 3 heteroatoms. The number of methoxy groups -OCH3 is 1. The number of thioether (sulfide) groups is 1. The zero-order valence-electron chi connectivity index (χ0n) is 11.7. The highest BCUT2D eigenvalue weighted by molar-refractivity contribution is 8.00. The second kappa shape index (κ2) is 5.54. The van der Waals surface area contributed by atoms with Gasteiger partial charge in [0.05, 0.1) is 7.11 Å². The molecule has 1 aliphatic heterocycles. The van der Waals surface area contributed by atoms with Gasteiger partial charge in [-0.2, -0.15) is 0 Å². The molecule has 100 valence electrons. The van der Waals surface area contributed by atoms with Crippen molar-refractivity contribution in [1.29, 1.82) is 0 Å². The van der Waals surface area contributed by atoms with Crippen LogP contribution in [0.2, 0.25) is 0 Å². The van der Waals surface area contributed by atoms with Crippen molar-refractivity contribution in [2.75, 3.05) is 13.7 Å². The molecule has 2 rings (SSSR count). The van der Waals surface area contributed by atoms with Gasteiger partial charge in [0, 0.05) is 16.5 Å². The van der Waals surface area contributed by atoms with Crippen molar-refractivity contribution in [2.24, 2.45) is 0 Å². The zero-order chi connectivity index (χ0) is 13.2. The molecule has 0 spiro atoms.